The zero-order chi connectivity index (χ0) is 13.1. The lowest BCUT2D eigenvalue weighted by Crippen LogP contribution is -2.56. The van der Waals surface area contributed by atoms with Gasteiger partial charge in [-0.15, -0.1) is 0 Å². The Hall–Kier alpha value is -0.660. The number of unbranched alkanes of at least 4 members (excludes halogenated alkanes) is 1. The molecule has 0 saturated carbocycles. The fourth-order valence-corrected chi connectivity index (χ4v) is 3.62. The molecule has 0 radical (unpaired) electrons. The van der Waals surface area contributed by atoms with Crippen LogP contribution >= 0.6 is 0 Å². The first-order valence-electron chi connectivity index (χ1n) is 5.84. The molecule has 100 valence electrons. The Bertz CT molecular complexity index is 369. The highest BCUT2D eigenvalue weighted by atomic mass is 32.2. The van der Waals surface area contributed by atoms with Crippen LogP contribution in [-0.2, 0) is 14.8 Å². The number of carbonyl (C=O) groups is 1. The van der Waals surface area contributed by atoms with E-state index in [9.17, 15) is 13.2 Å². The second-order valence-electron chi connectivity index (χ2n) is 4.26. The van der Waals surface area contributed by atoms with Gasteiger partial charge in [-0.1, -0.05) is 13.3 Å². The van der Waals surface area contributed by atoms with Gasteiger partial charge in [-0.25, -0.2) is 8.42 Å². The Balaban J connectivity index is 2.72. The van der Waals surface area contributed by atoms with E-state index < -0.39 is 21.4 Å². The molecule has 1 N–H and O–H groups in total. The molecule has 1 aliphatic heterocycles. The molecule has 0 aromatic carbocycles. The van der Waals surface area contributed by atoms with Crippen molar-refractivity contribution in [3.05, 3.63) is 0 Å². The zero-order valence-electron chi connectivity index (χ0n) is 10.3. The van der Waals surface area contributed by atoms with Gasteiger partial charge < -0.3 is 5.11 Å². The predicted molar refractivity (Wildman–Crippen MR) is 64.1 cm³/mol. The van der Waals surface area contributed by atoms with Crippen molar-refractivity contribution < 1.29 is 18.3 Å². The molecule has 1 fully saturated rings. The van der Waals surface area contributed by atoms with Gasteiger partial charge in [0.1, 0.15) is 5.37 Å². The number of rotatable bonds is 5. The lowest BCUT2D eigenvalue weighted by Gasteiger charge is -2.38. The molecule has 0 unspecified atom stereocenters. The first-order valence-corrected chi connectivity index (χ1v) is 7.34. The maximum atomic E-state index is 12.1. The number of hydrogen-bond donors (Lipinski definition) is 1. The van der Waals surface area contributed by atoms with Crippen LogP contribution in [0.4, 0.5) is 0 Å². The average Bonchev–Trinajstić information content (AvgIpc) is 2.23. The number of sulfonamides is 1. The topological polar surface area (TPSA) is 77.9 Å². The Morgan fingerprint density at radius 2 is 2.06 bits per heavy atom. The summed E-state index contributed by atoms with van der Waals surface area (Å²) < 4.78 is 25.7. The van der Waals surface area contributed by atoms with Crippen LogP contribution in [0.25, 0.3) is 0 Å². The molecule has 0 amide bonds. The molecule has 0 spiro atoms. The van der Waals surface area contributed by atoms with E-state index in [0.29, 0.717) is 19.6 Å². The third-order valence-electron chi connectivity index (χ3n) is 3.04. The second-order valence-corrected chi connectivity index (χ2v) is 6.49. The second kappa shape index (κ2) is 5.79. The van der Waals surface area contributed by atoms with E-state index in [4.69, 9.17) is 5.11 Å². The Morgan fingerprint density at radius 1 is 1.41 bits per heavy atom. The molecular weight excluding hydrogens is 244 g/mol. The number of nitrogens with zero attached hydrogens (tertiary/aromatic N) is 2. The molecule has 0 bridgehead atoms. The van der Waals surface area contributed by atoms with Gasteiger partial charge in [-0.3, -0.25) is 9.69 Å². The van der Waals surface area contributed by atoms with Crippen molar-refractivity contribution in [3.8, 4) is 0 Å². The number of carboxylic acid groups (broad SMARTS) is 1. The van der Waals surface area contributed by atoms with E-state index in [2.05, 4.69) is 0 Å². The molecule has 1 atom stereocenters. The van der Waals surface area contributed by atoms with Gasteiger partial charge in [0.15, 0.2) is 0 Å². The van der Waals surface area contributed by atoms with Gasteiger partial charge >= 0.3 is 5.97 Å². The lowest BCUT2D eigenvalue weighted by molar-refractivity contribution is -0.138. The van der Waals surface area contributed by atoms with Crippen molar-refractivity contribution in [2.75, 3.05) is 26.2 Å². The minimum atomic E-state index is -3.37. The summed E-state index contributed by atoms with van der Waals surface area (Å²) in [6.07, 6.45) is 1.78. The highest BCUT2D eigenvalue weighted by Crippen LogP contribution is 2.19. The van der Waals surface area contributed by atoms with Crippen LogP contribution < -0.4 is 0 Å². The van der Waals surface area contributed by atoms with Gasteiger partial charge in [0.2, 0.25) is 10.0 Å². The van der Waals surface area contributed by atoms with Crippen molar-refractivity contribution in [2.24, 2.45) is 0 Å². The average molecular weight is 264 g/mol. The monoisotopic (exact) mass is 264 g/mol. The molecular formula is C10H20N2O4S. The molecule has 0 aromatic heterocycles. The van der Waals surface area contributed by atoms with Crippen molar-refractivity contribution in [3.63, 3.8) is 0 Å². The molecule has 6 nitrogen and oxygen atoms in total. The van der Waals surface area contributed by atoms with Crippen molar-refractivity contribution in [2.45, 2.75) is 32.1 Å². The summed E-state index contributed by atoms with van der Waals surface area (Å²) in [6.45, 7) is 4.75. The third-order valence-corrected chi connectivity index (χ3v) is 5.29. The van der Waals surface area contributed by atoms with Crippen molar-refractivity contribution >= 4 is 16.0 Å². The lowest BCUT2D eigenvalue weighted by atomic mass is 10.3. The molecule has 1 aliphatic rings. The van der Waals surface area contributed by atoms with Crippen LogP contribution in [-0.4, -0.2) is 60.3 Å². The summed E-state index contributed by atoms with van der Waals surface area (Å²) in [7, 11) is -3.37. The van der Waals surface area contributed by atoms with Crippen molar-refractivity contribution in [1.82, 2.24) is 9.21 Å². The first-order chi connectivity index (χ1) is 7.89. The summed E-state index contributed by atoms with van der Waals surface area (Å²) in [4.78, 5) is 12.1. The minimum absolute atomic E-state index is 0.220. The summed E-state index contributed by atoms with van der Waals surface area (Å²) in [5.74, 6) is -0.992. The van der Waals surface area contributed by atoms with Crippen LogP contribution in [0.3, 0.4) is 0 Å². The number of carboxylic acids is 1. The zero-order valence-corrected chi connectivity index (χ0v) is 11.1. The molecule has 1 rings (SSSR count). The van der Waals surface area contributed by atoms with E-state index in [0.717, 1.165) is 12.8 Å². The van der Waals surface area contributed by atoms with Gasteiger partial charge in [0.05, 0.1) is 6.54 Å². The normalized spacial score (nSPS) is 25.9. The molecule has 1 saturated heterocycles. The van der Waals surface area contributed by atoms with Crippen molar-refractivity contribution in [1.29, 1.82) is 0 Å². The first kappa shape index (κ1) is 14.4. The maximum Gasteiger partial charge on any atom is 0.317 e. The largest absolute Gasteiger partial charge is 0.480 e. The van der Waals surface area contributed by atoms with E-state index in [-0.39, 0.29) is 6.54 Å². The van der Waals surface area contributed by atoms with Gasteiger partial charge in [-0.2, -0.15) is 4.31 Å². The number of hydrogen-bond acceptors (Lipinski definition) is 4. The van der Waals surface area contributed by atoms with Crippen LogP contribution in [0, 0.1) is 0 Å². The highest BCUT2D eigenvalue weighted by Gasteiger charge is 2.37. The van der Waals surface area contributed by atoms with Crippen LogP contribution in [0.1, 0.15) is 26.7 Å². The van der Waals surface area contributed by atoms with Crippen LogP contribution in [0.15, 0.2) is 0 Å². The highest BCUT2D eigenvalue weighted by molar-refractivity contribution is 7.89. The van der Waals surface area contributed by atoms with E-state index in [1.165, 1.54) is 9.21 Å². The van der Waals surface area contributed by atoms with E-state index in [1.807, 2.05) is 6.92 Å². The summed E-state index contributed by atoms with van der Waals surface area (Å²) in [5.41, 5.74) is 0. The van der Waals surface area contributed by atoms with E-state index in [1.54, 1.807) is 6.92 Å². The van der Waals surface area contributed by atoms with Crippen LogP contribution in [0.2, 0.25) is 0 Å². The fraction of sp³-hybridized carbons (Fsp3) is 0.900. The van der Waals surface area contributed by atoms with Gasteiger partial charge in [0, 0.05) is 19.6 Å². The Kier molecular flexibility index (Phi) is 4.91. The fourth-order valence-electron chi connectivity index (χ4n) is 1.91. The molecule has 17 heavy (non-hydrogen) atoms. The summed E-state index contributed by atoms with van der Waals surface area (Å²) >= 11 is 0. The minimum Gasteiger partial charge on any atom is -0.480 e. The SMILES string of the molecule is CCCCN1CCN(CC(=O)O)[C@@H](C)S1(=O)=O. The number of aliphatic carboxylic acids is 1. The predicted octanol–water partition coefficient (Wildman–Crippen LogP) is 0.165. The quantitative estimate of drug-likeness (QED) is 0.765. The Morgan fingerprint density at radius 3 is 2.59 bits per heavy atom. The maximum absolute atomic E-state index is 12.1. The molecule has 0 aliphatic carbocycles. The van der Waals surface area contributed by atoms with Gasteiger partial charge in [0.25, 0.3) is 0 Å². The van der Waals surface area contributed by atoms with Crippen LogP contribution in [0.5, 0.6) is 0 Å². The summed E-state index contributed by atoms with van der Waals surface area (Å²) in [6, 6.07) is 0. The molecule has 7 heteroatoms. The smallest absolute Gasteiger partial charge is 0.317 e. The summed E-state index contributed by atoms with van der Waals surface area (Å²) in [5, 5.41) is 7.96. The Labute approximate surface area is 102 Å². The van der Waals surface area contributed by atoms with Gasteiger partial charge in [-0.05, 0) is 13.3 Å². The molecule has 0 aromatic rings. The molecule has 1 heterocycles. The standard InChI is InChI=1S/C10H20N2O4S/c1-3-4-5-12-7-6-11(8-10(13)14)9(2)17(12,15)16/h9H,3-8H2,1-2H3,(H,13,14)/t9-/m1/s1. The van der Waals surface area contributed by atoms with E-state index >= 15 is 0 Å². The third kappa shape index (κ3) is 3.40.